The summed E-state index contributed by atoms with van der Waals surface area (Å²) in [7, 11) is -4.13. The molecule has 2 N–H and O–H groups in total. The molecular formula is C13H20O4S. The highest BCUT2D eigenvalue weighted by molar-refractivity contribution is 7.85. The fourth-order valence-electron chi connectivity index (χ4n) is 2.01. The molecule has 0 amide bonds. The monoisotopic (exact) mass is 272 g/mol. The topological polar surface area (TPSA) is 74.6 Å². The number of rotatable bonds is 5. The molecule has 0 saturated carbocycles. The van der Waals surface area contributed by atoms with Crippen molar-refractivity contribution in [3.63, 3.8) is 0 Å². The van der Waals surface area contributed by atoms with E-state index in [1.807, 2.05) is 45.0 Å². The molecule has 1 rings (SSSR count). The molecule has 0 aliphatic heterocycles. The van der Waals surface area contributed by atoms with Gasteiger partial charge in [-0.3, -0.25) is 4.55 Å². The van der Waals surface area contributed by atoms with E-state index in [4.69, 9.17) is 4.55 Å². The van der Waals surface area contributed by atoms with Gasteiger partial charge < -0.3 is 5.11 Å². The Bertz CT molecular complexity index is 488. The van der Waals surface area contributed by atoms with Crippen LogP contribution in [0.3, 0.4) is 0 Å². The largest absolute Gasteiger partial charge is 0.392 e. The van der Waals surface area contributed by atoms with Gasteiger partial charge >= 0.3 is 0 Å². The van der Waals surface area contributed by atoms with Gasteiger partial charge in [0.15, 0.2) is 0 Å². The average Bonchev–Trinajstić information content (AvgIpc) is 2.13. The van der Waals surface area contributed by atoms with Gasteiger partial charge in [0.1, 0.15) is 5.75 Å². The molecule has 1 atom stereocenters. The Morgan fingerprint density at radius 3 is 2.17 bits per heavy atom. The van der Waals surface area contributed by atoms with Gasteiger partial charge in [0.2, 0.25) is 0 Å². The van der Waals surface area contributed by atoms with E-state index in [1.54, 1.807) is 0 Å². The molecule has 4 nitrogen and oxygen atoms in total. The van der Waals surface area contributed by atoms with Crippen molar-refractivity contribution in [3.05, 3.63) is 35.4 Å². The summed E-state index contributed by atoms with van der Waals surface area (Å²) in [6, 6.07) is 7.89. The second-order valence-electron chi connectivity index (χ2n) is 5.36. The molecule has 1 unspecified atom stereocenters. The van der Waals surface area contributed by atoms with E-state index < -0.39 is 22.0 Å². The van der Waals surface area contributed by atoms with Gasteiger partial charge in [-0.05, 0) is 24.3 Å². The van der Waals surface area contributed by atoms with Crippen LogP contribution in [0.25, 0.3) is 0 Å². The SMILES string of the molecule is Cc1ccc(C(C)(C)CC(O)CS(=O)(=O)O)cc1. The zero-order valence-corrected chi connectivity index (χ0v) is 11.7. The molecule has 0 aromatic heterocycles. The predicted octanol–water partition coefficient (Wildman–Crippen LogP) is 1.91. The first-order valence-corrected chi connectivity index (χ1v) is 7.41. The fourth-order valence-corrected chi connectivity index (χ4v) is 2.62. The Kier molecular flexibility index (Phi) is 4.53. The maximum atomic E-state index is 10.7. The summed E-state index contributed by atoms with van der Waals surface area (Å²) in [6.07, 6.45) is -0.799. The molecule has 18 heavy (non-hydrogen) atoms. The lowest BCUT2D eigenvalue weighted by atomic mass is 9.80. The van der Waals surface area contributed by atoms with Crippen LogP contribution in [0.4, 0.5) is 0 Å². The molecular weight excluding hydrogens is 252 g/mol. The lowest BCUT2D eigenvalue weighted by Crippen LogP contribution is -2.29. The maximum Gasteiger partial charge on any atom is 0.267 e. The van der Waals surface area contributed by atoms with Crippen LogP contribution in [0, 0.1) is 6.92 Å². The Hall–Kier alpha value is -0.910. The Morgan fingerprint density at radius 2 is 1.72 bits per heavy atom. The van der Waals surface area contributed by atoms with Crippen molar-refractivity contribution in [2.24, 2.45) is 0 Å². The van der Waals surface area contributed by atoms with Gasteiger partial charge in [-0.25, -0.2) is 0 Å². The second-order valence-corrected chi connectivity index (χ2v) is 6.85. The van der Waals surface area contributed by atoms with Crippen molar-refractivity contribution in [3.8, 4) is 0 Å². The summed E-state index contributed by atoms with van der Waals surface area (Å²) in [5, 5.41) is 9.70. The van der Waals surface area contributed by atoms with Crippen LogP contribution in [0.15, 0.2) is 24.3 Å². The van der Waals surface area contributed by atoms with Gasteiger partial charge in [-0.1, -0.05) is 43.7 Å². The van der Waals surface area contributed by atoms with E-state index in [9.17, 15) is 13.5 Å². The third-order valence-corrected chi connectivity index (χ3v) is 3.79. The molecule has 0 bridgehead atoms. The van der Waals surface area contributed by atoms with Gasteiger partial charge in [0.25, 0.3) is 10.1 Å². The van der Waals surface area contributed by atoms with E-state index in [0.717, 1.165) is 11.1 Å². The van der Waals surface area contributed by atoms with Crippen molar-refractivity contribution in [2.75, 3.05) is 5.75 Å². The van der Waals surface area contributed by atoms with Crippen LogP contribution < -0.4 is 0 Å². The van der Waals surface area contributed by atoms with Gasteiger partial charge in [-0.15, -0.1) is 0 Å². The summed E-state index contributed by atoms with van der Waals surface area (Å²) in [4.78, 5) is 0. The number of hydrogen-bond donors (Lipinski definition) is 2. The summed E-state index contributed by atoms with van der Waals surface area (Å²) < 4.78 is 30.1. The van der Waals surface area contributed by atoms with Gasteiger partial charge in [-0.2, -0.15) is 8.42 Å². The smallest absolute Gasteiger partial charge is 0.267 e. The summed E-state index contributed by atoms with van der Waals surface area (Å²) in [5.74, 6) is -0.623. The van der Waals surface area contributed by atoms with Crippen LogP contribution >= 0.6 is 0 Å². The van der Waals surface area contributed by atoms with E-state index in [1.165, 1.54) is 0 Å². The quantitative estimate of drug-likeness (QED) is 0.803. The minimum Gasteiger partial charge on any atom is -0.392 e. The standard InChI is InChI=1S/C13H20O4S/c1-10-4-6-11(7-5-10)13(2,3)8-12(14)9-18(15,16)17/h4-7,12,14H,8-9H2,1-3H3,(H,15,16,17). The van der Waals surface area contributed by atoms with Gasteiger partial charge in [0.05, 0.1) is 6.10 Å². The third-order valence-electron chi connectivity index (χ3n) is 2.98. The highest BCUT2D eigenvalue weighted by atomic mass is 32.2. The molecule has 0 aliphatic rings. The highest BCUT2D eigenvalue weighted by Gasteiger charge is 2.26. The number of aryl methyl sites for hydroxylation is 1. The molecule has 0 saturated heterocycles. The van der Waals surface area contributed by atoms with Gasteiger partial charge in [0, 0.05) is 0 Å². The summed E-state index contributed by atoms with van der Waals surface area (Å²) in [5.41, 5.74) is 1.83. The fraction of sp³-hybridized carbons (Fsp3) is 0.538. The lowest BCUT2D eigenvalue weighted by Gasteiger charge is -2.27. The van der Waals surface area contributed by atoms with E-state index in [-0.39, 0.29) is 11.8 Å². The highest BCUT2D eigenvalue weighted by Crippen LogP contribution is 2.28. The van der Waals surface area contributed by atoms with E-state index >= 15 is 0 Å². The number of hydrogen-bond acceptors (Lipinski definition) is 3. The molecule has 5 heteroatoms. The normalized spacial score (nSPS) is 14.5. The van der Waals surface area contributed by atoms with E-state index in [2.05, 4.69) is 0 Å². The summed E-state index contributed by atoms with van der Waals surface area (Å²) >= 11 is 0. The van der Waals surface area contributed by atoms with Crippen molar-refractivity contribution in [2.45, 2.75) is 38.7 Å². The molecule has 1 aromatic rings. The van der Waals surface area contributed by atoms with Crippen LogP contribution in [-0.2, 0) is 15.5 Å². The Morgan fingerprint density at radius 1 is 1.22 bits per heavy atom. The molecule has 0 heterocycles. The first-order valence-electron chi connectivity index (χ1n) is 5.80. The van der Waals surface area contributed by atoms with Crippen molar-refractivity contribution < 1.29 is 18.1 Å². The van der Waals surface area contributed by atoms with Crippen LogP contribution in [0.2, 0.25) is 0 Å². The molecule has 0 radical (unpaired) electrons. The number of aliphatic hydroxyl groups excluding tert-OH is 1. The summed E-state index contributed by atoms with van der Waals surface area (Å²) in [6.45, 7) is 5.86. The lowest BCUT2D eigenvalue weighted by molar-refractivity contribution is 0.157. The van der Waals surface area contributed by atoms with E-state index in [0.29, 0.717) is 0 Å². The zero-order valence-electron chi connectivity index (χ0n) is 10.9. The molecule has 1 aromatic carbocycles. The van der Waals surface area contributed by atoms with Crippen LogP contribution in [0.5, 0.6) is 0 Å². The van der Waals surface area contributed by atoms with Crippen molar-refractivity contribution >= 4 is 10.1 Å². The Balaban J connectivity index is 2.78. The zero-order chi connectivity index (χ0) is 14.0. The molecule has 102 valence electrons. The minimum absolute atomic E-state index is 0.274. The first-order chi connectivity index (χ1) is 8.10. The molecule has 0 aliphatic carbocycles. The number of aliphatic hydroxyl groups is 1. The third kappa shape index (κ3) is 4.76. The Labute approximate surface area is 108 Å². The predicted molar refractivity (Wildman–Crippen MR) is 71.2 cm³/mol. The first kappa shape index (κ1) is 15.1. The van der Waals surface area contributed by atoms with Crippen LogP contribution in [0.1, 0.15) is 31.4 Å². The molecule has 0 spiro atoms. The minimum atomic E-state index is -4.13. The molecule has 0 fully saturated rings. The maximum absolute atomic E-state index is 10.7. The average molecular weight is 272 g/mol. The van der Waals surface area contributed by atoms with Crippen molar-refractivity contribution in [1.82, 2.24) is 0 Å². The number of benzene rings is 1. The van der Waals surface area contributed by atoms with Crippen molar-refractivity contribution in [1.29, 1.82) is 0 Å². The van der Waals surface area contributed by atoms with Crippen LogP contribution in [-0.4, -0.2) is 29.9 Å². The second kappa shape index (κ2) is 5.38.